The summed E-state index contributed by atoms with van der Waals surface area (Å²) in [7, 11) is 1.44. The predicted molar refractivity (Wildman–Crippen MR) is 82.1 cm³/mol. The number of nitrogens with one attached hydrogen (secondary N) is 1. The number of carbonyl (C=O) groups is 1. The van der Waals surface area contributed by atoms with Crippen LogP contribution in [0.4, 0.5) is 0 Å². The number of methoxy groups -OCH3 is 1. The second kappa shape index (κ2) is 6.43. The molecule has 0 bridgehead atoms. The number of aromatic hydroxyl groups is 1. The number of rotatable bonds is 4. The minimum absolute atomic E-state index is 0.00470. The van der Waals surface area contributed by atoms with Gasteiger partial charge in [-0.3, -0.25) is 14.8 Å². The molecule has 0 spiro atoms. The molecule has 22 heavy (non-hydrogen) atoms. The molecule has 1 aromatic carbocycles. The molecule has 1 heterocycles. The van der Waals surface area contributed by atoms with Crippen LogP contribution in [0.3, 0.4) is 0 Å². The quantitative estimate of drug-likeness (QED) is 0.903. The Morgan fingerprint density at radius 3 is 2.55 bits per heavy atom. The van der Waals surface area contributed by atoms with Crippen LogP contribution in [0.1, 0.15) is 33.1 Å². The van der Waals surface area contributed by atoms with Crippen LogP contribution in [-0.2, 0) is 6.54 Å². The minimum Gasteiger partial charge on any atom is -0.504 e. The largest absolute Gasteiger partial charge is 0.504 e. The van der Waals surface area contributed by atoms with Crippen molar-refractivity contribution < 1.29 is 14.6 Å². The van der Waals surface area contributed by atoms with E-state index in [1.807, 2.05) is 20.8 Å². The smallest absolute Gasteiger partial charge is 0.251 e. The first kappa shape index (κ1) is 15.8. The zero-order valence-corrected chi connectivity index (χ0v) is 13.1. The molecule has 2 rings (SSSR count). The number of amides is 1. The predicted octanol–water partition coefficient (Wildman–Crippen LogP) is 2.05. The molecule has 1 amide bonds. The highest BCUT2D eigenvalue weighted by Crippen LogP contribution is 2.26. The zero-order valence-electron chi connectivity index (χ0n) is 13.1. The van der Waals surface area contributed by atoms with E-state index in [4.69, 9.17) is 4.74 Å². The van der Waals surface area contributed by atoms with Gasteiger partial charge in [-0.25, -0.2) is 0 Å². The molecule has 0 saturated heterocycles. The lowest BCUT2D eigenvalue weighted by Crippen LogP contribution is -2.24. The molecule has 0 fully saturated rings. The van der Waals surface area contributed by atoms with E-state index in [1.54, 1.807) is 0 Å². The van der Waals surface area contributed by atoms with Gasteiger partial charge >= 0.3 is 0 Å². The Morgan fingerprint density at radius 1 is 1.18 bits per heavy atom. The Kier molecular flexibility index (Phi) is 4.60. The van der Waals surface area contributed by atoms with Crippen molar-refractivity contribution in [2.45, 2.75) is 27.3 Å². The molecule has 6 heteroatoms. The third-order valence-corrected chi connectivity index (χ3v) is 3.44. The molecule has 1 aromatic heterocycles. The number of hydrogen-bond acceptors (Lipinski definition) is 5. The van der Waals surface area contributed by atoms with E-state index in [2.05, 4.69) is 15.3 Å². The Morgan fingerprint density at radius 2 is 1.86 bits per heavy atom. The maximum atomic E-state index is 12.2. The van der Waals surface area contributed by atoms with Gasteiger partial charge in [-0.05, 0) is 39.0 Å². The average molecular weight is 301 g/mol. The van der Waals surface area contributed by atoms with Crippen molar-refractivity contribution >= 4 is 5.91 Å². The van der Waals surface area contributed by atoms with Gasteiger partial charge < -0.3 is 15.2 Å². The van der Waals surface area contributed by atoms with E-state index in [0.717, 1.165) is 22.8 Å². The summed E-state index contributed by atoms with van der Waals surface area (Å²) in [6, 6.07) is 4.45. The number of aromatic nitrogens is 2. The number of nitrogens with zero attached hydrogens (tertiary/aromatic N) is 2. The molecule has 0 aliphatic heterocycles. The lowest BCUT2D eigenvalue weighted by Gasteiger charge is -2.10. The van der Waals surface area contributed by atoms with Gasteiger partial charge in [-0.15, -0.1) is 0 Å². The SMILES string of the molecule is COc1cc(C(=O)NCc2nc(C)c(C)nc2C)ccc1O. The monoisotopic (exact) mass is 301 g/mol. The van der Waals surface area contributed by atoms with Gasteiger partial charge in [0.25, 0.3) is 5.91 Å². The van der Waals surface area contributed by atoms with Crippen LogP contribution in [0.25, 0.3) is 0 Å². The second-order valence-electron chi connectivity index (χ2n) is 5.00. The number of benzene rings is 1. The average Bonchev–Trinajstić information content (AvgIpc) is 2.49. The van der Waals surface area contributed by atoms with Crippen molar-refractivity contribution in [3.63, 3.8) is 0 Å². The van der Waals surface area contributed by atoms with E-state index >= 15 is 0 Å². The first-order chi connectivity index (χ1) is 10.4. The molecular formula is C16H19N3O3. The van der Waals surface area contributed by atoms with E-state index < -0.39 is 0 Å². The van der Waals surface area contributed by atoms with Crippen molar-refractivity contribution in [1.82, 2.24) is 15.3 Å². The summed E-state index contributed by atoms with van der Waals surface area (Å²) in [5.41, 5.74) is 3.68. The standard InChI is InChI=1S/C16H19N3O3/c1-9-10(2)19-13(11(3)18-9)8-17-16(21)12-5-6-14(20)15(7-12)22-4/h5-7,20H,8H2,1-4H3,(H,17,21). The van der Waals surface area contributed by atoms with Crippen LogP contribution in [0, 0.1) is 20.8 Å². The van der Waals surface area contributed by atoms with Crippen molar-refractivity contribution in [1.29, 1.82) is 0 Å². The highest BCUT2D eigenvalue weighted by Gasteiger charge is 2.11. The molecule has 0 aliphatic rings. The maximum absolute atomic E-state index is 12.2. The highest BCUT2D eigenvalue weighted by molar-refractivity contribution is 5.94. The normalized spacial score (nSPS) is 10.4. The summed E-state index contributed by atoms with van der Waals surface area (Å²) in [5.74, 6) is -0.0116. The van der Waals surface area contributed by atoms with Crippen molar-refractivity contribution in [3.05, 3.63) is 46.5 Å². The molecule has 2 N–H and O–H groups in total. The molecule has 6 nitrogen and oxygen atoms in total. The van der Waals surface area contributed by atoms with Crippen LogP contribution in [0.15, 0.2) is 18.2 Å². The summed E-state index contributed by atoms with van der Waals surface area (Å²) in [6.45, 7) is 5.95. The topological polar surface area (TPSA) is 84.3 Å². The molecule has 116 valence electrons. The van der Waals surface area contributed by atoms with E-state index in [-0.39, 0.29) is 17.4 Å². The minimum atomic E-state index is -0.266. The van der Waals surface area contributed by atoms with Gasteiger partial charge in [0.1, 0.15) is 0 Å². The molecule has 0 atom stereocenters. The highest BCUT2D eigenvalue weighted by atomic mass is 16.5. The summed E-state index contributed by atoms with van der Waals surface area (Å²) in [4.78, 5) is 21.0. The Bertz CT molecular complexity index is 714. The third kappa shape index (κ3) is 3.33. The first-order valence-electron chi connectivity index (χ1n) is 6.88. The Balaban J connectivity index is 2.12. The van der Waals surface area contributed by atoms with Gasteiger partial charge in [-0.1, -0.05) is 0 Å². The van der Waals surface area contributed by atoms with E-state index in [9.17, 15) is 9.90 Å². The lowest BCUT2D eigenvalue weighted by molar-refractivity contribution is 0.0950. The molecule has 2 aromatic rings. The number of phenolic OH excluding ortho intramolecular Hbond substituents is 1. The number of phenols is 1. The summed E-state index contributed by atoms with van der Waals surface area (Å²) in [6.07, 6.45) is 0. The van der Waals surface area contributed by atoms with Gasteiger partial charge in [-0.2, -0.15) is 0 Å². The van der Waals surface area contributed by atoms with Crippen LogP contribution >= 0.6 is 0 Å². The number of aryl methyl sites for hydroxylation is 3. The van der Waals surface area contributed by atoms with Crippen LogP contribution in [0.2, 0.25) is 0 Å². The van der Waals surface area contributed by atoms with Gasteiger partial charge in [0.05, 0.1) is 36.4 Å². The lowest BCUT2D eigenvalue weighted by atomic mass is 10.2. The number of hydrogen-bond donors (Lipinski definition) is 2. The van der Waals surface area contributed by atoms with Crippen molar-refractivity contribution in [2.24, 2.45) is 0 Å². The molecule has 0 unspecified atom stereocenters. The fraction of sp³-hybridized carbons (Fsp3) is 0.312. The fourth-order valence-electron chi connectivity index (χ4n) is 2.01. The fourth-order valence-corrected chi connectivity index (χ4v) is 2.01. The first-order valence-corrected chi connectivity index (χ1v) is 6.88. The second-order valence-corrected chi connectivity index (χ2v) is 5.00. The van der Waals surface area contributed by atoms with E-state index in [0.29, 0.717) is 12.1 Å². The van der Waals surface area contributed by atoms with Crippen molar-refractivity contribution in [2.75, 3.05) is 7.11 Å². The maximum Gasteiger partial charge on any atom is 0.251 e. The van der Waals surface area contributed by atoms with Gasteiger partial charge in [0.2, 0.25) is 0 Å². The Hall–Kier alpha value is -2.63. The molecule has 0 radical (unpaired) electrons. The van der Waals surface area contributed by atoms with Crippen LogP contribution < -0.4 is 10.1 Å². The third-order valence-electron chi connectivity index (χ3n) is 3.44. The van der Waals surface area contributed by atoms with E-state index in [1.165, 1.54) is 25.3 Å². The summed E-state index contributed by atoms with van der Waals surface area (Å²) < 4.78 is 4.99. The van der Waals surface area contributed by atoms with Gasteiger partial charge in [0, 0.05) is 5.56 Å². The van der Waals surface area contributed by atoms with Gasteiger partial charge in [0.15, 0.2) is 11.5 Å². The zero-order chi connectivity index (χ0) is 16.3. The van der Waals surface area contributed by atoms with Crippen LogP contribution in [0.5, 0.6) is 11.5 Å². The number of ether oxygens (including phenoxy) is 1. The molecular weight excluding hydrogens is 282 g/mol. The van der Waals surface area contributed by atoms with Crippen molar-refractivity contribution in [3.8, 4) is 11.5 Å². The molecule has 0 saturated carbocycles. The summed E-state index contributed by atoms with van der Waals surface area (Å²) in [5, 5.41) is 12.3. The summed E-state index contributed by atoms with van der Waals surface area (Å²) >= 11 is 0. The number of carbonyl (C=O) groups excluding carboxylic acids is 1. The Labute approximate surface area is 129 Å². The molecule has 0 aliphatic carbocycles. The van der Waals surface area contributed by atoms with Crippen LogP contribution in [-0.4, -0.2) is 28.1 Å².